The van der Waals surface area contributed by atoms with Gasteiger partial charge in [0.15, 0.2) is 23.9 Å². The molecular weight excluding hydrogens is 677 g/mol. The molecule has 0 radical (unpaired) electrons. The van der Waals surface area contributed by atoms with E-state index in [1.807, 2.05) is 49.5 Å². The van der Waals surface area contributed by atoms with Crippen LogP contribution in [0.25, 0.3) is 0 Å². The van der Waals surface area contributed by atoms with Crippen molar-refractivity contribution >= 4 is 46.5 Å². The Balaban J connectivity index is 1.48. The van der Waals surface area contributed by atoms with Gasteiger partial charge >= 0.3 is 11.9 Å². The number of likely N-dealkylation sites (tertiary alicyclic amines) is 1. The number of methoxy groups -OCH3 is 2. The van der Waals surface area contributed by atoms with Crippen molar-refractivity contribution in [2.45, 2.75) is 43.8 Å². The van der Waals surface area contributed by atoms with Crippen LogP contribution in [0.4, 0.5) is 0 Å². The Morgan fingerprint density at radius 2 is 1.77 bits per heavy atom. The molecule has 3 atom stereocenters. The second kappa shape index (κ2) is 16.0. The lowest BCUT2D eigenvalue weighted by molar-refractivity contribution is -0.605. The Bertz CT molecular complexity index is 1730. The molecule has 10 nitrogen and oxygen atoms in total. The number of hydrogen-bond donors (Lipinski definition) is 2. The van der Waals surface area contributed by atoms with Gasteiger partial charge in [-0.1, -0.05) is 59.6 Å². The lowest BCUT2D eigenvalue weighted by atomic mass is 9.85. The maximum Gasteiger partial charge on any atom is 0.346 e. The van der Waals surface area contributed by atoms with Crippen LogP contribution < -0.4 is 19.5 Å². The summed E-state index contributed by atoms with van der Waals surface area (Å²) in [6.45, 7) is 1.47. The minimum absolute atomic E-state index is 0.122. The fraction of sp³-hybridized carbons (Fsp3) is 0.343. The molecule has 0 spiro atoms. The van der Waals surface area contributed by atoms with E-state index in [0.717, 1.165) is 41.9 Å². The number of hydrogen-bond acceptors (Lipinski definition) is 9. The number of halogens is 2. The second-order valence-electron chi connectivity index (χ2n) is 11.6. The Hall–Kier alpha value is -3.87. The van der Waals surface area contributed by atoms with E-state index in [2.05, 4.69) is 10.2 Å². The van der Waals surface area contributed by atoms with Gasteiger partial charge in [-0.15, -0.1) is 11.3 Å². The molecule has 0 aliphatic carbocycles. The van der Waals surface area contributed by atoms with Gasteiger partial charge in [0.25, 0.3) is 0 Å². The van der Waals surface area contributed by atoms with Crippen molar-refractivity contribution in [2.75, 3.05) is 34.4 Å². The predicted molar refractivity (Wildman–Crippen MR) is 184 cm³/mol. The molecular formula is C35H37Cl2N3O7S. The molecule has 3 heterocycles. The number of esters is 1. The molecule has 4 aromatic rings. The summed E-state index contributed by atoms with van der Waals surface area (Å²) in [5.41, 5.74) is 2.48. The van der Waals surface area contributed by atoms with Gasteiger partial charge in [-0.3, -0.25) is 5.32 Å². The summed E-state index contributed by atoms with van der Waals surface area (Å²) in [5, 5.41) is 26.0. The number of carbonyl (C=O) groups is 2. The highest BCUT2D eigenvalue weighted by Crippen LogP contribution is 2.41. The molecule has 2 aromatic carbocycles. The molecule has 1 aliphatic heterocycles. The first kappa shape index (κ1) is 35.4. The first-order valence-electron chi connectivity index (χ1n) is 15.4. The van der Waals surface area contributed by atoms with Crippen LogP contribution in [0.5, 0.6) is 11.5 Å². The SMILES string of the molecule is COc1ccc([C@H](Cc2c(Cl)c[n+]([O-])cc2Cl)c2cc(CNC(C(=O)OC[C@@H]3CCCN3C)c3ccccc3)sc2C(=O)O)cc1OC. The largest absolute Gasteiger partial charge is 0.619 e. The number of aromatic carboxylic acids is 1. The molecule has 254 valence electrons. The van der Waals surface area contributed by atoms with Crippen LogP contribution in [0.2, 0.25) is 10.0 Å². The van der Waals surface area contributed by atoms with E-state index in [0.29, 0.717) is 38.8 Å². The number of nitrogens with one attached hydrogen (secondary N) is 1. The summed E-state index contributed by atoms with van der Waals surface area (Å²) in [7, 11) is 5.08. The van der Waals surface area contributed by atoms with E-state index >= 15 is 0 Å². The van der Waals surface area contributed by atoms with Gasteiger partial charge in [0.2, 0.25) is 0 Å². The van der Waals surface area contributed by atoms with E-state index in [-0.39, 0.29) is 33.9 Å². The second-order valence-corrected chi connectivity index (χ2v) is 13.5. The van der Waals surface area contributed by atoms with Gasteiger partial charge < -0.3 is 29.4 Å². The minimum Gasteiger partial charge on any atom is -0.619 e. The number of aromatic nitrogens is 1. The number of rotatable bonds is 14. The highest BCUT2D eigenvalue weighted by molar-refractivity contribution is 7.14. The maximum atomic E-state index is 13.4. The monoisotopic (exact) mass is 713 g/mol. The van der Waals surface area contributed by atoms with E-state index in [4.69, 9.17) is 37.4 Å². The number of carboxylic acids is 1. The van der Waals surface area contributed by atoms with Crippen molar-refractivity contribution in [3.05, 3.63) is 114 Å². The van der Waals surface area contributed by atoms with Crippen LogP contribution in [-0.4, -0.2) is 62.4 Å². The Kier molecular flexibility index (Phi) is 11.8. The molecule has 5 rings (SSSR count). The predicted octanol–water partition coefficient (Wildman–Crippen LogP) is 6.25. The van der Waals surface area contributed by atoms with E-state index in [1.165, 1.54) is 26.6 Å². The minimum atomic E-state index is -1.10. The number of benzene rings is 2. The lowest BCUT2D eigenvalue weighted by Gasteiger charge is -2.22. The van der Waals surface area contributed by atoms with Crippen molar-refractivity contribution in [1.82, 2.24) is 10.2 Å². The average molecular weight is 715 g/mol. The number of nitrogens with zero attached hydrogens (tertiary/aromatic N) is 2. The summed E-state index contributed by atoms with van der Waals surface area (Å²) >= 11 is 14.1. The summed E-state index contributed by atoms with van der Waals surface area (Å²) in [6.07, 6.45) is 4.65. The zero-order chi connectivity index (χ0) is 34.4. The number of thiophene rings is 1. The summed E-state index contributed by atoms with van der Waals surface area (Å²) in [4.78, 5) is 29.2. The van der Waals surface area contributed by atoms with Crippen LogP contribution in [0.3, 0.4) is 0 Å². The molecule has 1 saturated heterocycles. The first-order chi connectivity index (χ1) is 23.1. The molecule has 13 heteroatoms. The fourth-order valence-corrected chi connectivity index (χ4v) is 7.62. The number of likely N-dealkylation sites (N-methyl/N-ethyl adjacent to an activating group) is 1. The maximum absolute atomic E-state index is 13.4. The van der Waals surface area contributed by atoms with Crippen molar-refractivity contribution < 1.29 is 33.6 Å². The van der Waals surface area contributed by atoms with Gasteiger partial charge in [-0.25, -0.2) is 9.59 Å². The number of ether oxygens (including phenoxy) is 3. The zero-order valence-corrected chi connectivity index (χ0v) is 29.1. The Morgan fingerprint density at radius 1 is 1.06 bits per heavy atom. The van der Waals surface area contributed by atoms with E-state index in [9.17, 15) is 19.9 Å². The Morgan fingerprint density at radius 3 is 2.40 bits per heavy atom. The van der Waals surface area contributed by atoms with Crippen LogP contribution >= 0.6 is 34.5 Å². The van der Waals surface area contributed by atoms with Crippen molar-refractivity contribution in [2.24, 2.45) is 0 Å². The first-order valence-corrected chi connectivity index (χ1v) is 17.0. The summed E-state index contributed by atoms with van der Waals surface area (Å²) in [5.74, 6) is -1.09. The lowest BCUT2D eigenvalue weighted by Crippen LogP contribution is -2.34. The molecule has 1 fully saturated rings. The third-order valence-electron chi connectivity index (χ3n) is 8.60. The molecule has 2 N–H and O–H groups in total. The zero-order valence-electron chi connectivity index (χ0n) is 26.8. The van der Waals surface area contributed by atoms with Crippen LogP contribution in [0, 0.1) is 5.21 Å². The molecule has 1 unspecified atom stereocenters. The molecule has 48 heavy (non-hydrogen) atoms. The van der Waals surface area contributed by atoms with Crippen molar-refractivity contribution in [3.63, 3.8) is 0 Å². The van der Waals surface area contributed by atoms with Crippen LogP contribution in [0.15, 0.2) is 67.0 Å². The molecule has 0 saturated carbocycles. The van der Waals surface area contributed by atoms with Crippen LogP contribution in [-0.2, 0) is 22.5 Å². The summed E-state index contributed by atoms with van der Waals surface area (Å²) in [6, 6.07) is 15.9. The highest BCUT2D eigenvalue weighted by atomic mass is 35.5. The van der Waals surface area contributed by atoms with Crippen LogP contribution in [0.1, 0.15) is 61.6 Å². The van der Waals surface area contributed by atoms with Gasteiger partial charge in [-0.05, 0) is 67.7 Å². The third-order valence-corrected chi connectivity index (χ3v) is 10.4. The van der Waals surface area contributed by atoms with Crippen molar-refractivity contribution in [3.8, 4) is 11.5 Å². The van der Waals surface area contributed by atoms with E-state index < -0.39 is 23.9 Å². The number of carbonyl (C=O) groups excluding carboxylic acids is 1. The van der Waals surface area contributed by atoms with Gasteiger partial charge in [0, 0.05) is 28.9 Å². The molecule has 2 aromatic heterocycles. The van der Waals surface area contributed by atoms with Gasteiger partial charge in [0.1, 0.15) is 27.6 Å². The summed E-state index contributed by atoms with van der Waals surface area (Å²) < 4.78 is 17.3. The van der Waals surface area contributed by atoms with Gasteiger partial charge in [-0.2, -0.15) is 4.73 Å². The molecule has 0 bridgehead atoms. The highest BCUT2D eigenvalue weighted by Gasteiger charge is 2.30. The van der Waals surface area contributed by atoms with Gasteiger partial charge in [0.05, 0.1) is 14.2 Å². The smallest absolute Gasteiger partial charge is 0.346 e. The quantitative estimate of drug-likeness (QED) is 0.0887. The topological polar surface area (TPSA) is 124 Å². The third kappa shape index (κ3) is 8.22. The standard InChI is InChI=1S/C35H37Cl2N3O7S/c1-39-13-7-10-23(39)20-47-35(43)32(21-8-5-4-6-9-21)38-17-24-15-26(33(48-24)34(41)42)25(16-27-28(36)18-40(44)19-29(27)37)22-11-12-30(45-2)31(14-22)46-3/h4-6,8-9,11-12,14-15,18-19,23,25,32,38H,7,10,13,16-17,20H2,1-3H3,(H,41,42)/t23-,25-,32?/m0/s1. The fourth-order valence-electron chi connectivity index (χ4n) is 6.02. The van der Waals surface area contributed by atoms with E-state index in [1.54, 1.807) is 12.1 Å². The average Bonchev–Trinajstić information content (AvgIpc) is 3.69. The Labute approximate surface area is 293 Å². The molecule has 0 amide bonds. The molecule has 1 aliphatic rings. The van der Waals surface area contributed by atoms with Crippen molar-refractivity contribution in [1.29, 1.82) is 0 Å². The normalized spacial score (nSPS) is 16.0. The number of carboxylic acid groups (broad SMARTS) is 1. The number of pyridine rings is 1.